The number of alkyl halides is 2. The molecule has 0 radical (unpaired) electrons. The van der Waals surface area contributed by atoms with Crippen molar-refractivity contribution in [3.05, 3.63) is 27.2 Å². The highest BCUT2D eigenvalue weighted by atomic mass is 35.5. The Morgan fingerprint density at radius 3 is 3.05 bits per heavy atom. The molecule has 1 aliphatic rings. The summed E-state index contributed by atoms with van der Waals surface area (Å²) < 4.78 is 30.9. The first-order valence-electron chi connectivity index (χ1n) is 6.26. The van der Waals surface area contributed by atoms with Gasteiger partial charge in [-0.15, -0.1) is 11.3 Å². The third-order valence-corrected chi connectivity index (χ3v) is 4.53. The average Bonchev–Trinajstić information content (AvgIpc) is 3.16. The van der Waals surface area contributed by atoms with Crippen LogP contribution in [0.2, 0.25) is 5.15 Å². The van der Waals surface area contributed by atoms with Gasteiger partial charge in [0.1, 0.15) is 22.5 Å². The molecular weight excluding hydrogens is 340 g/mol. The minimum atomic E-state index is -2.75. The van der Waals surface area contributed by atoms with Crippen LogP contribution in [0.15, 0.2) is 6.33 Å². The number of halogens is 3. The van der Waals surface area contributed by atoms with E-state index >= 15 is 0 Å². The maximum Gasteiger partial charge on any atom is 0.283 e. The summed E-state index contributed by atoms with van der Waals surface area (Å²) in [6, 6.07) is 0. The van der Waals surface area contributed by atoms with Gasteiger partial charge in [-0.25, -0.2) is 18.7 Å². The zero-order chi connectivity index (χ0) is 15.7. The lowest BCUT2D eigenvalue weighted by Gasteiger charge is -2.31. The minimum absolute atomic E-state index is 0.0569. The van der Waals surface area contributed by atoms with Crippen molar-refractivity contribution in [1.29, 1.82) is 0 Å². The first-order chi connectivity index (χ1) is 10.6. The number of H-pyrrole nitrogens is 1. The highest BCUT2D eigenvalue weighted by Crippen LogP contribution is 2.33. The highest BCUT2D eigenvalue weighted by molar-refractivity contribution is 7.14. The van der Waals surface area contributed by atoms with Crippen molar-refractivity contribution in [2.24, 2.45) is 0 Å². The molecule has 1 aliphatic heterocycles. The van der Waals surface area contributed by atoms with Crippen molar-refractivity contribution in [2.45, 2.75) is 12.5 Å². The van der Waals surface area contributed by atoms with Crippen molar-refractivity contribution < 1.29 is 18.3 Å². The van der Waals surface area contributed by atoms with E-state index in [9.17, 15) is 13.6 Å². The summed E-state index contributed by atoms with van der Waals surface area (Å²) in [5, 5.41) is 6.02. The van der Waals surface area contributed by atoms with E-state index in [0.717, 1.165) is 0 Å². The largest absolute Gasteiger partial charge is 0.367 e. The topological polar surface area (TPSA) is 84.0 Å². The van der Waals surface area contributed by atoms with E-state index in [0.29, 0.717) is 30.3 Å². The number of nitrogens with one attached hydrogen (secondary N) is 1. The Morgan fingerprint density at radius 1 is 1.59 bits per heavy atom. The fraction of sp³-hybridized carbons (Fsp3) is 0.455. The van der Waals surface area contributed by atoms with Crippen LogP contribution in [-0.2, 0) is 4.74 Å². The molecule has 0 spiro atoms. The Labute approximate surface area is 132 Å². The van der Waals surface area contributed by atoms with E-state index in [2.05, 4.69) is 20.2 Å². The van der Waals surface area contributed by atoms with Gasteiger partial charge in [0, 0.05) is 6.54 Å². The monoisotopic (exact) mass is 349 g/mol. The second kappa shape index (κ2) is 6.23. The lowest BCUT2D eigenvalue weighted by atomic mass is 10.2. The van der Waals surface area contributed by atoms with E-state index < -0.39 is 23.3 Å². The number of morpholine rings is 1. The van der Waals surface area contributed by atoms with Crippen molar-refractivity contribution >= 4 is 28.8 Å². The Balaban J connectivity index is 1.75. The number of hydrogen-bond acceptors (Lipinski definition) is 6. The summed E-state index contributed by atoms with van der Waals surface area (Å²) in [6.45, 7) is 0.873. The molecule has 1 N–H and O–H groups in total. The van der Waals surface area contributed by atoms with E-state index in [1.54, 1.807) is 0 Å². The number of rotatable bonds is 3. The molecule has 2 aromatic heterocycles. The summed E-state index contributed by atoms with van der Waals surface area (Å²) in [5.41, 5.74) is 0. The lowest BCUT2D eigenvalue weighted by Crippen LogP contribution is -2.42. The Bertz CT molecular complexity index is 665. The molecule has 1 atom stereocenters. The Hall–Kier alpha value is -1.65. The molecule has 0 aliphatic carbocycles. The maximum absolute atomic E-state index is 12.7. The smallest absolute Gasteiger partial charge is 0.283 e. The molecule has 11 heteroatoms. The van der Waals surface area contributed by atoms with E-state index in [1.807, 2.05) is 0 Å². The summed E-state index contributed by atoms with van der Waals surface area (Å²) in [5.74, 6) is 0.0505. The van der Waals surface area contributed by atoms with Crippen LogP contribution in [-0.4, -0.2) is 50.7 Å². The molecule has 0 aromatic carbocycles. The predicted molar refractivity (Wildman–Crippen MR) is 73.1 cm³/mol. The zero-order valence-electron chi connectivity index (χ0n) is 11.0. The van der Waals surface area contributed by atoms with Gasteiger partial charge in [0.15, 0.2) is 10.8 Å². The standard InChI is InChI=1S/C11H10ClF2N5O2S/c12-7-6(8(13)14)22-10(17-7)11(20)19-1-2-21-5(3-19)9-15-4-16-18-9/h4-5,8H,1-3H2,(H,15,16,18). The van der Waals surface area contributed by atoms with Gasteiger partial charge >= 0.3 is 0 Å². The second-order valence-corrected chi connectivity index (χ2v) is 5.84. The molecule has 22 heavy (non-hydrogen) atoms. The Kier molecular flexibility index (Phi) is 4.32. The van der Waals surface area contributed by atoms with Crippen LogP contribution in [0.1, 0.15) is 33.0 Å². The fourth-order valence-electron chi connectivity index (χ4n) is 2.04. The number of hydrogen-bond donors (Lipinski definition) is 1. The fourth-order valence-corrected chi connectivity index (χ4v) is 3.16. The van der Waals surface area contributed by atoms with E-state index in [4.69, 9.17) is 16.3 Å². The van der Waals surface area contributed by atoms with Gasteiger partial charge in [0.2, 0.25) is 0 Å². The maximum atomic E-state index is 12.7. The molecule has 118 valence electrons. The van der Waals surface area contributed by atoms with Crippen LogP contribution in [0.25, 0.3) is 0 Å². The first kappa shape index (κ1) is 15.3. The molecular formula is C11H10ClF2N5O2S. The number of carbonyl (C=O) groups is 1. The second-order valence-electron chi connectivity index (χ2n) is 4.46. The van der Waals surface area contributed by atoms with Crippen LogP contribution >= 0.6 is 22.9 Å². The Morgan fingerprint density at radius 2 is 2.41 bits per heavy atom. The van der Waals surface area contributed by atoms with Crippen LogP contribution in [0.4, 0.5) is 8.78 Å². The summed E-state index contributed by atoms with van der Waals surface area (Å²) in [6.07, 6.45) is -1.85. The van der Waals surface area contributed by atoms with Gasteiger partial charge in [-0.2, -0.15) is 5.10 Å². The first-order valence-corrected chi connectivity index (χ1v) is 7.46. The molecule has 0 bridgehead atoms. The normalized spacial score (nSPS) is 18.9. The molecule has 1 saturated heterocycles. The number of ether oxygens (including phenoxy) is 1. The summed E-state index contributed by atoms with van der Waals surface area (Å²) >= 11 is 6.24. The van der Waals surface area contributed by atoms with Crippen molar-refractivity contribution in [3.8, 4) is 0 Å². The highest BCUT2D eigenvalue weighted by Gasteiger charge is 2.30. The minimum Gasteiger partial charge on any atom is -0.367 e. The van der Waals surface area contributed by atoms with Crippen LogP contribution < -0.4 is 0 Å². The number of thiazole rings is 1. The molecule has 1 unspecified atom stereocenters. The summed E-state index contributed by atoms with van der Waals surface area (Å²) in [4.78, 5) is 21.2. The third kappa shape index (κ3) is 2.94. The lowest BCUT2D eigenvalue weighted by molar-refractivity contribution is -0.0266. The van der Waals surface area contributed by atoms with Gasteiger partial charge in [0.05, 0.1) is 13.2 Å². The van der Waals surface area contributed by atoms with Crippen molar-refractivity contribution in [2.75, 3.05) is 19.7 Å². The molecule has 3 heterocycles. The van der Waals surface area contributed by atoms with Crippen LogP contribution in [0, 0.1) is 0 Å². The van der Waals surface area contributed by atoms with E-state index in [1.165, 1.54) is 11.2 Å². The van der Waals surface area contributed by atoms with Crippen LogP contribution in [0.3, 0.4) is 0 Å². The molecule has 3 rings (SSSR count). The number of aromatic nitrogens is 4. The van der Waals surface area contributed by atoms with E-state index in [-0.39, 0.29) is 16.7 Å². The number of nitrogens with zero attached hydrogens (tertiary/aromatic N) is 4. The SMILES string of the molecule is O=C(c1nc(Cl)c(C(F)F)s1)N1CCOC(c2ncn[nH]2)C1. The van der Waals surface area contributed by atoms with Gasteiger partial charge in [-0.05, 0) is 0 Å². The van der Waals surface area contributed by atoms with Gasteiger partial charge in [-0.1, -0.05) is 11.6 Å². The molecule has 0 saturated carbocycles. The zero-order valence-corrected chi connectivity index (χ0v) is 12.6. The molecule has 7 nitrogen and oxygen atoms in total. The third-order valence-electron chi connectivity index (χ3n) is 3.08. The quantitative estimate of drug-likeness (QED) is 0.917. The molecule has 1 amide bonds. The van der Waals surface area contributed by atoms with Gasteiger partial charge in [-0.3, -0.25) is 9.89 Å². The van der Waals surface area contributed by atoms with Gasteiger partial charge in [0.25, 0.3) is 12.3 Å². The average molecular weight is 350 g/mol. The number of amides is 1. The predicted octanol–water partition coefficient (Wildman–Crippen LogP) is 2.07. The van der Waals surface area contributed by atoms with Gasteiger partial charge < -0.3 is 9.64 Å². The number of aromatic amines is 1. The van der Waals surface area contributed by atoms with Crippen molar-refractivity contribution in [1.82, 2.24) is 25.1 Å². The molecule has 1 fully saturated rings. The van der Waals surface area contributed by atoms with Crippen molar-refractivity contribution in [3.63, 3.8) is 0 Å². The van der Waals surface area contributed by atoms with Crippen LogP contribution in [0.5, 0.6) is 0 Å². The number of carbonyl (C=O) groups excluding carboxylic acids is 1. The molecule has 2 aromatic rings. The summed E-state index contributed by atoms with van der Waals surface area (Å²) in [7, 11) is 0.